The van der Waals surface area contributed by atoms with Gasteiger partial charge in [-0.2, -0.15) is 0 Å². The van der Waals surface area contributed by atoms with Gasteiger partial charge >= 0.3 is 5.97 Å². The van der Waals surface area contributed by atoms with Gasteiger partial charge in [-0.25, -0.2) is 14.5 Å². The summed E-state index contributed by atoms with van der Waals surface area (Å²) >= 11 is 0. The number of hydrogen-bond donors (Lipinski definition) is 0. The number of ether oxygens (including phenoxy) is 1. The maximum Gasteiger partial charge on any atom is 0.377 e. The number of hydrogen-bond acceptors (Lipinski definition) is 5. The summed E-state index contributed by atoms with van der Waals surface area (Å²) in [5, 5.41) is 4.22. The second-order valence-electron chi connectivity index (χ2n) is 5.78. The highest BCUT2D eigenvalue weighted by molar-refractivity contribution is 5.84. The maximum atomic E-state index is 11.4. The third-order valence-electron chi connectivity index (χ3n) is 4.27. The smallest absolute Gasteiger partial charge is 0.377 e. The van der Waals surface area contributed by atoms with Crippen LogP contribution in [0.15, 0.2) is 6.33 Å². The minimum Gasteiger partial charge on any atom is -0.463 e. The molecule has 2 aliphatic rings. The molecule has 1 heterocycles. The van der Waals surface area contributed by atoms with Crippen molar-refractivity contribution in [1.82, 2.24) is 19.7 Å². The first-order valence-corrected chi connectivity index (χ1v) is 7.51. The van der Waals surface area contributed by atoms with Crippen molar-refractivity contribution in [3.63, 3.8) is 0 Å². The van der Waals surface area contributed by atoms with Crippen molar-refractivity contribution in [3.05, 3.63) is 12.2 Å². The first-order chi connectivity index (χ1) is 9.78. The fourth-order valence-electron chi connectivity index (χ4n) is 3.06. The molecule has 0 spiro atoms. The third kappa shape index (κ3) is 3.00. The highest BCUT2D eigenvalue weighted by atomic mass is 16.5. The highest BCUT2D eigenvalue weighted by Crippen LogP contribution is 2.33. The van der Waals surface area contributed by atoms with Crippen LogP contribution in [0.25, 0.3) is 0 Å². The molecule has 110 valence electrons. The Kier molecular flexibility index (Phi) is 4.00. The molecule has 0 atom stereocenters. The Bertz CT molecular complexity index is 463. The molecule has 1 aromatic heterocycles. The lowest BCUT2D eigenvalue weighted by atomic mass is 9.94. The van der Waals surface area contributed by atoms with Crippen molar-refractivity contribution in [2.24, 2.45) is 0 Å². The first kappa shape index (κ1) is 13.5. The fourth-order valence-corrected chi connectivity index (χ4v) is 3.06. The number of carbonyl (C=O) groups excluding carboxylic acids is 1. The van der Waals surface area contributed by atoms with E-state index in [-0.39, 0.29) is 5.82 Å². The van der Waals surface area contributed by atoms with Gasteiger partial charge in [-0.15, -0.1) is 5.10 Å². The van der Waals surface area contributed by atoms with E-state index in [9.17, 15) is 4.79 Å². The van der Waals surface area contributed by atoms with Crippen LogP contribution < -0.4 is 0 Å². The molecule has 0 saturated heterocycles. The summed E-state index contributed by atoms with van der Waals surface area (Å²) in [4.78, 5) is 18.0. The molecule has 2 saturated carbocycles. The van der Waals surface area contributed by atoms with E-state index in [0.29, 0.717) is 12.1 Å². The molecule has 0 radical (unpaired) electrons. The molecule has 2 aliphatic carbocycles. The zero-order valence-electron chi connectivity index (χ0n) is 12.0. The highest BCUT2D eigenvalue weighted by Gasteiger charge is 2.34. The van der Waals surface area contributed by atoms with Crippen LogP contribution in [0.5, 0.6) is 0 Å². The van der Waals surface area contributed by atoms with E-state index in [4.69, 9.17) is 0 Å². The van der Waals surface area contributed by atoms with E-state index in [1.54, 1.807) is 11.0 Å². The van der Waals surface area contributed by atoms with Crippen molar-refractivity contribution in [2.45, 2.75) is 63.7 Å². The number of methoxy groups -OCH3 is 1. The Morgan fingerprint density at radius 3 is 2.65 bits per heavy atom. The summed E-state index contributed by atoms with van der Waals surface area (Å²) in [5.74, 6) is -0.328. The summed E-state index contributed by atoms with van der Waals surface area (Å²) in [6.07, 6.45) is 10.8. The number of carbonyl (C=O) groups is 1. The van der Waals surface area contributed by atoms with Gasteiger partial charge in [0, 0.05) is 12.1 Å². The molecule has 6 heteroatoms. The minimum absolute atomic E-state index is 0.145. The zero-order chi connectivity index (χ0) is 13.9. The van der Waals surface area contributed by atoms with Gasteiger partial charge in [-0.3, -0.25) is 4.90 Å². The lowest BCUT2D eigenvalue weighted by molar-refractivity contribution is 0.0584. The number of esters is 1. The van der Waals surface area contributed by atoms with Gasteiger partial charge in [-0.05, 0) is 25.7 Å². The van der Waals surface area contributed by atoms with E-state index in [2.05, 4.69) is 19.7 Å². The van der Waals surface area contributed by atoms with Crippen molar-refractivity contribution in [2.75, 3.05) is 7.11 Å². The fraction of sp³-hybridized carbons (Fsp3) is 0.786. The summed E-state index contributed by atoms with van der Waals surface area (Å²) < 4.78 is 6.40. The van der Waals surface area contributed by atoms with Crippen molar-refractivity contribution in [1.29, 1.82) is 0 Å². The molecule has 20 heavy (non-hydrogen) atoms. The van der Waals surface area contributed by atoms with Gasteiger partial charge in [0.25, 0.3) is 5.82 Å². The van der Waals surface area contributed by atoms with E-state index in [1.807, 2.05) is 0 Å². The summed E-state index contributed by atoms with van der Waals surface area (Å²) in [6, 6.07) is 1.37. The van der Waals surface area contributed by atoms with E-state index in [1.165, 1.54) is 52.1 Å². The molecule has 0 bridgehead atoms. The minimum atomic E-state index is -0.473. The van der Waals surface area contributed by atoms with Crippen LogP contribution in [-0.4, -0.2) is 44.8 Å². The normalized spacial score (nSPS) is 20.3. The predicted octanol–water partition coefficient (Wildman–Crippen LogP) is 1.82. The van der Waals surface area contributed by atoms with Gasteiger partial charge in [0.05, 0.1) is 13.8 Å². The van der Waals surface area contributed by atoms with Crippen molar-refractivity contribution < 1.29 is 9.53 Å². The SMILES string of the molecule is COC(=O)c1ncn(CN(C2CCCCC2)C2CC2)n1. The molecule has 3 rings (SSSR count). The molecule has 2 fully saturated rings. The van der Waals surface area contributed by atoms with Crippen LogP contribution in [0.3, 0.4) is 0 Å². The van der Waals surface area contributed by atoms with Crippen LogP contribution in [0.1, 0.15) is 55.6 Å². The second kappa shape index (κ2) is 5.91. The van der Waals surface area contributed by atoms with Crippen LogP contribution in [0, 0.1) is 0 Å². The third-order valence-corrected chi connectivity index (χ3v) is 4.27. The standard InChI is InChI=1S/C14H22N4O2/c1-20-14(19)13-15-9-17(16-13)10-18(12-7-8-12)11-5-3-2-4-6-11/h9,11-12H,2-8,10H2,1H3. The number of nitrogens with zero attached hydrogens (tertiary/aromatic N) is 4. The maximum absolute atomic E-state index is 11.4. The Balaban J connectivity index is 1.66. The van der Waals surface area contributed by atoms with Gasteiger partial charge < -0.3 is 4.74 Å². The van der Waals surface area contributed by atoms with Gasteiger partial charge in [0.15, 0.2) is 0 Å². The number of aromatic nitrogens is 3. The van der Waals surface area contributed by atoms with Gasteiger partial charge in [-0.1, -0.05) is 19.3 Å². The Morgan fingerprint density at radius 2 is 2.00 bits per heavy atom. The molecule has 0 N–H and O–H groups in total. The summed E-state index contributed by atoms with van der Waals surface area (Å²) in [7, 11) is 1.35. The molecule has 0 aliphatic heterocycles. The molecule has 0 unspecified atom stereocenters. The second-order valence-corrected chi connectivity index (χ2v) is 5.78. The Hall–Kier alpha value is -1.43. The molecule has 1 aromatic rings. The predicted molar refractivity (Wildman–Crippen MR) is 73.1 cm³/mol. The average molecular weight is 278 g/mol. The van der Waals surface area contributed by atoms with Crippen molar-refractivity contribution >= 4 is 5.97 Å². The molecule has 6 nitrogen and oxygen atoms in total. The lowest BCUT2D eigenvalue weighted by Gasteiger charge is -2.34. The van der Waals surface area contributed by atoms with Crippen LogP contribution in [-0.2, 0) is 11.4 Å². The van der Waals surface area contributed by atoms with E-state index < -0.39 is 5.97 Å². The van der Waals surface area contributed by atoms with Gasteiger partial charge in [0.2, 0.25) is 0 Å². The van der Waals surface area contributed by atoms with Crippen LogP contribution in [0.2, 0.25) is 0 Å². The first-order valence-electron chi connectivity index (χ1n) is 7.51. The largest absolute Gasteiger partial charge is 0.463 e. The molecule has 0 aromatic carbocycles. The lowest BCUT2D eigenvalue weighted by Crippen LogP contribution is -2.39. The zero-order valence-corrected chi connectivity index (χ0v) is 12.0. The van der Waals surface area contributed by atoms with Gasteiger partial charge in [0.1, 0.15) is 6.33 Å². The van der Waals surface area contributed by atoms with Crippen LogP contribution in [0.4, 0.5) is 0 Å². The van der Waals surface area contributed by atoms with Crippen molar-refractivity contribution in [3.8, 4) is 0 Å². The summed E-state index contributed by atoms with van der Waals surface area (Å²) in [5.41, 5.74) is 0. The van der Waals surface area contributed by atoms with E-state index >= 15 is 0 Å². The molecule has 0 amide bonds. The number of rotatable bonds is 5. The molecular formula is C14H22N4O2. The summed E-state index contributed by atoms with van der Waals surface area (Å²) in [6.45, 7) is 0.735. The van der Waals surface area contributed by atoms with Crippen LogP contribution >= 0.6 is 0 Å². The monoisotopic (exact) mass is 278 g/mol. The average Bonchev–Trinajstić information content (AvgIpc) is 3.23. The van der Waals surface area contributed by atoms with E-state index in [0.717, 1.165) is 6.67 Å². The Morgan fingerprint density at radius 1 is 1.30 bits per heavy atom. The Labute approximate surface area is 119 Å². The topological polar surface area (TPSA) is 60.2 Å². The quantitative estimate of drug-likeness (QED) is 0.769. The molecular weight excluding hydrogens is 256 g/mol.